The number of nitrogens with two attached hydrogens (primary N) is 2. The first-order valence-corrected chi connectivity index (χ1v) is 3.85. The van der Waals surface area contributed by atoms with Crippen LogP contribution in [0.5, 0.6) is 0 Å². The number of alkyl halides is 2. The van der Waals surface area contributed by atoms with Crippen LogP contribution in [0.1, 0.15) is 22.5 Å². The maximum absolute atomic E-state index is 12.4. The van der Waals surface area contributed by atoms with Crippen LogP contribution in [0.3, 0.4) is 0 Å². The number of nitrogens with zero attached hydrogens (tertiary/aromatic N) is 1. The van der Waals surface area contributed by atoms with Crippen molar-refractivity contribution in [3.63, 3.8) is 0 Å². The number of nitrogen functional groups attached to an aromatic ring is 2. The predicted octanol–water partition coefficient (Wildman–Crippen LogP) is 1.56. The summed E-state index contributed by atoms with van der Waals surface area (Å²) >= 11 is 5.08. The van der Waals surface area contributed by atoms with E-state index in [1.165, 1.54) is 0 Å². The molecule has 0 saturated heterocycles. The summed E-state index contributed by atoms with van der Waals surface area (Å²) in [5.74, 6) is -0.181. The molecule has 0 spiro atoms. The fraction of sp³-hybridized carbons (Fsp3) is 0.143. The van der Waals surface area contributed by atoms with E-state index in [2.05, 4.69) is 4.98 Å². The van der Waals surface area contributed by atoms with Gasteiger partial charge in [-0.1, -0.05) is 0 Å². The van der Waals surface area contributed by atoms with Crippen molar-refractivity contribution in [1.29, 1.82) is 0 Å². The van der Waals surface area contributed by atoms with Crippen LogP contribution in [-0.2, 0) is 0 Å². The van der Waals surface area contributed by atoms with E-state index >= 15 is 0 Å². The molecule has 1 aromatic rings. The zero-order valence-electron chi connectivity index (χ0n) is 6.80. The summed E-state index contributed by atoms with van der Waals surface area (Å²) in [4.78, 5) is 14.1. The lowest BCUT2D eigenvalue weighted by atomic mass is 10.1. The lowest BCUT2D eigenvalue weighted by Crippen LogP contribution is -2.08. The third kappa shape index (κ3) is 1.90. The van der Waals surface area contributed by atoms with Gasteiger partial charge in [0.15, 0.2) is 0 Å². The number of carbonyl (C=O) groups excluding carboxylic acids is 1. The van der Waals surface area contributed by atoms with Gasteiger partial charge in [-0.25, -0.2) is 13.8 Å². The molecule has 0 unspecified atom stereocenters. The van der Waals surface area contributed by atoms with Crippen LogP contribution in [0, 0.1) is 0 Å². The Morgan fingerprint density at radius 3 is 2.50 bits per heavy atom. The van der Waals surface area contributed by atoms with Crippen LogP contribution in [0.15, 0.2) is 6.07 Å². The van der Waals surface area contributed by atoms with E-state index in [4.69, 9.17) is 23.1 Å². The molecule has 0 aromatic carbocycles. The van der Waals surface area contributed by atoms with E-state index in [-0.39, 0.29) is 11.5 Å². The highest BCUT2D eigenvalue weighted by Crippen LogP contribution is 2.27. The van der Waals surface area contributed by atoms with Gasteiger partial charge in [0.05, 0.1) is 5.56 Å². The van der Waals surface area contributed by atoms with Gasteiger partial charge in [0.25, 0.3) is 11.7 Å². The van der Waals surface area contributed by atoms with E-state index < -0.39 is 22.9 Å². The zero-order chi connectivity index (χ0) is 10.9. The zero-order valence-corrected chi connectivity index (χ0v) is 7.55. The van der Waals surface area contributed by atoms with E-state index in [1.807, 2.05) is 0 Å². The highest BCUT2D eigenvalue weighted by atomic mass is 35.5. The molecular weight excluding hydrogens is 216 g/mol. The summed E-state index contributed by atoms with van der Waals surface area (Å²) in [6.45, 7) is 0. The second kappa shape index (κ2) is 3.75. The molecule has 0 radical (unpaired) electrons. The summed E-state index contributed by atoms with van der Waals surface area (Å²) in [6, 6.07) is 1.10. The van der Waals surface area contributed by atoms with Gasteiger partial charge >= 0.3 is 0 Å². The van der Waals surface area contributed by atoms with Crippen LogP contribution >= 0.6 is 11.6 Å². The Kier molecular flexibility index (Phi) is 2.85. The maximum atomic E-state index is 12.4. The molecule has 1 heterocycles. The summed E-state index contributed by atoms with van der Waals surface area (Å²) in [6.07, 6.45) is -2.95. The smallest absolute Gasteiger partial charge is 0.281 e. The van der Waals surface area contributed by atoms with Gasteiger partial charge < -0.3 is 11.5 Å². The van der Waals surface area contributed by atoms with Crippen molar-refractivity contribution >= 4 is 28.3 Å². The molecule has 0 aliphatic rings. The molecule has 0 aliphatic carbocycles. The van der Waals surface area contributed by atoms with Crippen molar-refractivity contribution in [2.75, 3.05) is 11.5 Å². The molecule has 76 valence electrons. The molecule has 0 atom stereocenters. The molecule has 14 heavy (non-hydrogen) atoms. The van der Waals surface area contributed by atoms with Gasteiger partial charge in [-0.05, 0) is 11.6 Å². The number of anilines is 2. The SMILES string of the molecule is Nc1cc(N)c(C(=O)Cl)c(C(F)F)n1. The maximum Gasteiger partial charge on any atom is 0.281 e. The van der Waals surface area contributed by atoms with Crippen molar-refractivity contribution in [3.05, 3.63) is 17.3 Å². The highest BCUT2D eigenvalue weighted by molar-refractivity contribution is 6.68. The number of pyridine rings is 1. The summed E-state index contributed by atoms with van der Waals surface area (Å²) in [5.41, 5.74) is 9.01. The number of aromatic nitrogens is 1. The Labute approximate surface area is 82.9 Å². The molecule has 4 N–H and O–H groups in total. The van der Waals surface area contributed by atoms with Crippen LogP contribution in [0.2, 0.25) is 0 Å². The van der Waals surface area contributed by atoms with E-state index in [0.717, 1.165) is 6.07 Å². The molecule has 4 nitrogen and oxygen atoms in total. The Bertz CT molecular complexity index is 383. The number of hydrogen-bond donors (Lipinski definition) is 2. The fourth-order valence-corrected chi connectivity index (χ4v) is 1.18. The quantitative estimate of drug-likeness (QED) is 0.743. The van der Waals surface area contributed by atoms with Crippen LogP contribution in [0.25, 0.3) is 0 Å². The number of carbonyl (C=O) groups is 1. The van der Waals surface area contributed by atoms with E-state index in [9.17, 15) is 13.6 Å². The van der Waals surface area contributed by atoms with Crippen molar-refractivity contribution in [2.24, 2.45) is 0 Å². The molecule has 0 fully saturated rings. The Morgan fingerprint density at radius 1 is 1.50 bits per heavy atom. The van der Waals surface area contributed by atoms with Crippen molar-refractivity contribution in [1.82, 2.24) is 4.98 Å². The third-order valence-electron chi connectivity index (χ3n) is 1.50. The minimum absolute atomic E-state index is 0.181. The van der Waals surface area contributed by atoms with Crippen LogP contribution in [-0.4, -0.2) is 10.2 Å². The Morgan fingerprint density at radius 2 is 2.07 bits per heavy atom. The molecule has 0 amide bonds. The van der Waals surface area contributed by atoms with Gasteiger partial charge in [-0.3, -0.25) is 4.79 Å². The molecule has 0 bridgehead atoms. The summed E-state index contributed by atoms with van der Waals surface area (Å²) < 4.78 is 24.7. The highest BCUT2D eigenvalue weighted by Gasteiger charge is 2.22. The number of rotatable bonds is 2. The first kappa shape index (κ1) is 10.6. The molecule has 0 aliphatic heterocycles. The molecule has 7 heteroatoms. The average molecular weight is 222 g/mol. The normalized spacial score (nSPS) is 10.6. The average Bonchev–Trinajstić information content (AvgIpc) is 2.01. The lowest BCUT2D eigenvalue weighted by molar-refractivity contribution is 0.106. The van der Waals surface area contributed by atoms with Crippen molar-refractivity contribution in [3.8, 4) is 0 Å². The lowest BCUT2D eigenvalue weighted by Gasteiger charge is -2.07. The van der Waals surface area contributed by atoms with Crippen LogP contribution in [0.4, 0.5) is 20.3 Å². The van der Waals surface area contributed by atoms with Gasteiger partial charge in [0, 0.05) is 11.8 Å². The summed E-state index contributed by atoms with van der Waals surface area (Å²) in [7, 11) is 0. The van der Waals surface area contributed by atoms with Gasteiger partial charge in [0.1, 0.15) is 11.5 Å². The Hall–Kier alpha value is -1.43. The Balaban J connectivity index is 3.44. The molecule has 1 rings (SSSR count). The summed E-state index contributed by atoms with van der Waals surface area (Å²) in [5, 5.41) is -1.08. The van der Waals surface area contributed by atoms with Crippen molar-refractivity contribution in [2.45, 2.75) is 6.43 Å². The topological polar surface area (TPSA) is 82.0 Å². The third-order valence-corrected chi connectivity index (χ3v) is 1.69. The van der Waals surface area contributed by atoms with E-state index in [0.29, 0.717) is 0 Å². The van der Waals surface area contributed by atoms with Gasteiger partial charge in [0.2, 0.25) is 0 Å². The largest absolute Gasteiger partial charge is 0.398 e. The first-order valence-electron chi connectivity index (χ1n) is 3.47. The second-order valence-corrected chi connectivity index (χ2v) is 2.81. The number of hydrogen-bond acceptors (Lipinski definition) is 4. The van der Waals surface area contributed by atoms with Crippen molar-refractivity contribution < 1.29 is 13.6 Å². The second-order valence-electron chi connectivity index (χ2n) is 2.47. The molecule has 0 saturated carbocycles. The minimum atomic E-state index is -2.95. The predicted molar refractivity (Wildman–Crippen MR) is 48.2 cm³/mol. The fourth-order valence-electron chi connectivity index (χ4n) is 0.979. The molecule has 1 aromatic heterocycles. The van der Waals surface area contributed by atoms with Gasteiger partial charge in [-0.15, -0.1) is 0 Å². The van der Waals surface area contributed by atoms with E-state index in [1.54, 1.807) is 0 Å². The minimum Gasteiger partial charge on any atom is -0.398 e. The van der Waals surface area contributed by atoms with Crippen LogP contribution < -0.4 is 11.5 Å². The standard InChI is InChI=1S/C7H6ClF2N3O/c8-6(14)4-2(11)1-3(12)13-5(4)7(9)10/h1,7H,(H4,11,12,13). The monoisotopic (exact) mass is 221 g/mol. The number of halogens is 3. The first-order chi connectivity index (χ1) is 6.43. The van der Waals surface area contributed by atoms with Gasteiger partial charge in [-0.2, -0.15) is 0 Å². The molecular formula is C7H6ClF2N3O.